The van der Waals surface area contributed by atoms with Crippen molar-refractivity contribution in [2.24, 2.45) is 0 Å². The maximum Gasteiger partial charge on any atom is 0.289 e. The molecular formula is C12H18N2O3. The average Bonchev–Trinajstić information content (AvgIpc) is 2.72. The molecule has 2 heterocycles. The smallest absolute Gasteiger partial charge is 0.289 e. The number of piperazine rings is 1. The normalized spacial score (nSPS) is 16.2. The predicted octanol–water partition coefficient (Wildman–Crippen LogP) is 0.780. The third-order valence-corrected chi connectivity index (χ3v) is 2.94. The van der Waals surface area contributed by atoms with Crippen molar-refractivity contribution in [3.63, 3.8) is 0 Å². The minimum Gasteiger partial charge on any atom is -0.456 e. The summed E-state index contributed by atoms with van der Waals surface area (Å²) in [6.07, 6.45) is 0. The van der Waals surface area contributed by atoms with E-state index in [2.05, 4.69) is 5.32 Å². The van der Waals surface area contributed by atoms with E-state index in [1.165, 1.54) is 0 Å². The quantitative estimate of drug-likeness (QED) is 0.845. The Bertz CT molecular complexity index is 394. The first-order valence-electron chi connectivity index (χ1n) is 5.80. The summed E-state index contributed by atoms with van der Waals surface area (Å²) in [5, 5.41) is 3.21. The molecule has 1 aliphatic heterocycles. The maximum absolute atomic E-state index is 12.1. The van der Waals surface area contributed by atoms with Crippen LogP contribution in [0.25, 0.3) is 0 Å². The molecule has 17 heavy (non-hydrogen) atoms. The van der Waals surface area contributed by atoms with Crippen molar-refractivity contribution in [1.82, 2.24) is 10.2 Å². The zero-order chi connectivity index (χ0) is 12.3. The molecule has 5 heteroatoms. The van der Waals surface area contributed by atoms with Gasteiger partial charge in [-0.25, -0.2) is 0 Å². The van der Waals surface area contributed by atoms with Crippen molar-refractivity contribution in [3.8, 4) is 0 Å². The minimum absolute atomic E-state index is 0.0306. The largest absolute Gasteiger partial charge is 0.456 e. The summed E-state index contributed by atoms with van der Waals surface area (Å²) < 4.78 is 10.5. The third kappa shape index (κ3) is 2.68. The van der Waals surface area contributed by atoms with Crippen molar-refractivity contribution >= 4 is 5.91 Å². The highest BCUT2D eigenvalue weighted by atomic mass is 16.5. The molecule has 0 aromatic carbocycles. The number of amides is 1. The Morgan fingerprint density at radius 2 is 2.24 bits per heavy atom. The molecule has 0 bridgehead atoms. The van der Waals surface area contributed by atoms with Gasteiger partial charge in [-0.05, 0) is 13.0 Å². The average molecular weight is 238 g/mol. The first kappa shape index (κ1) is 12.1. The van der Waals surface area contributed by atoms with Crippen LogP contribution in [0.15, 0.2) is 10.5 Å². The first-order chi connectivity index (χ1) is 8.22. The number of hydrogen-bond donors (Lipinski definition) is 1. The number of rotatable bonds is 3. The molecule has 1 fully saturated rings. The molecule has 0 unspecified atom stereocenters. The maximum atomic E-state index is 12.1. The van der Waals surface area contributed by atoms with E-state index in [0.29, 0.717) is 12.4 Å². The Morgan fingerprint density at radius 1 is 1.53 bits per heavy atom. The summed E-state index contributed by atoms with van der Waals surface area (Å²) in [6.45, 7) is 5.48. The van der Waals surface area contributed by atoms with Crippen molar-refractivity contribution in [2.75, 3.05) is 33.3 Å². The van der Waals surface area contributed by atoms with Crippen LogP contribution in [0.1, 0.15) is 21.9 Å². The van der Waals surface area contributed by atoms with Crippen molar-refractivity contribution in [1.29, 1.82) is 0 Å². The van der Waals surface area contributed by atoms with Gasteiger partial charge in [-0.3, -0.25) is 4.79 Å². The molecule has 0 saturated carbocycles. The SMILES string of the molecule is COCc1cc(C(=O)N2CCNCC2)oc1C. The number of nitrogens with zero attached hydrogens (tertiary/aromatic N) is 1. The number of nitrogens with one attached hydrogen (secondary N) is 1. The van der Waals surface area contributed by atoms with Crippen LogP contribution in [-0.2, 0) is 11.3 Å². The molecule has 94 valence electrons. The molecule has 0 spiro atoms. The summed E-state index contributed by atoms with van der Waals surface area (Å²) in [4.78, 5) is 13.9. The highest BCUT2D eigenvalue weighted by Gasteiger charge is 2.22. The molecule has 0 radical (unpaired) electrons. The molecule has 2 rings (SSSR count). The van der Waals surface area contributed by atoms with Gasteiger partial charge in [-0.2, -0.15) is 0 Å². The summed E-state index contributed by atoms with van der Waals surface area (Å²) in [6, 6.07) is 1.78. The summed E-state index contributed by atoms with van der Waals surface area (Å²) in [7, 11) is 1.63. The lowest BCUT2D eigenvalue weighted by Crippen LogP contribution is -2.46. The second-order valence-corrected chi connectivity index (χ2v) is 4.17. The van der Waals surface area contributed by atoms with Crippen LogP contribution in [0, 0.1) is 6.92 Å². The molecule has 1 aromatic heterocycles. The van der Waals surface area contributed by atoms with Gasteiger partial charge in [0.25, 0.3) is 5.91 Å². The van der Waals surface area contributed by atoms with Gasteiger partial charge in [-0.1, -0.05) is 0 Å². The Kier molecular flexibility index (Phi) is 3.81. The number of furan rings is 1. The molecule has 1 amide bonds. The fourth-order valence-electron chi connectivity index (χ4n) is 1.95. The van der Waals surface area contributed by atoms with Crippen LogP contribution in [-0.4, -0.2) is 44.1 Å². The Balaban J connectivity index is 2.10. The van der Waals surface area contributed by atoms with Crippen molar-refractivity contribution in [2.45, 2.75) is 13.5 Å². The number of carbonyl (C=O) groups is 1. The van der Waals surface area contributed by atoms with Gasteiger partial charge in [0, 0.05) is 38.9 Å². The zero-order valence-corrected chi connectivity index (χ0v) is 10.3. The van der Waals surface area contributed by atoms with Crippen LogP contribution in [0.2, 0.25) is 0 Å². The van der Waals surface area contributed by atoms with E-state index in [4.69, 9.17) is 9.15 Å². The number of methoxy groups -OCH3 is 1. The molecule has 1 aromatic rings. The van der Waals surface area contributed by atoms with Gasteiger partial charge in [0.1, 0.15) is 5.76 Å². The van der Waals surface area contributed by atoms with Crippen molar-refractivity contribution < 1.29 is 13.9 Å². The topological polar surface area (TPSA) is 54.7 Å². The van der Waals surface area contributed by atoms with E-state index >= 15 is 0 Å². The van der Waals surface area contributed by atoms with E-state index in [1.807, 2.05) is 11.8 Å². The highest BCUT2D eigenvalue weighted by molar-refractivity contribution is 5.91. The lowest BCUT2D eigenvalue weighted by atomic mass is 10.2. The van der Waals surface area contributed by atoms with E-state index in [1.54, 1.807) is 13.2 Å². The second kappa shape index (κ2) is 5.33. The summed E-state index contributed by atoms with van der Waals surface area (Å²) in [5.41, 5.74) is 0.936. The first-order valence-corrected chi connectivity index (χ1v) is 5.80. The minimum atomic E-state index is -0.0306. The fraction of sp³-hybridized carbons (Fsp3) is 0.583. The Labute approximate surface area is 101 Å². The number of carbonyl (C=O) groups excluding carboxylic acids is 1. The van der Waals surface area contributed by atoms with Gasteiger partial charge < -0.3 is 19.4 Å². The summed E-state index contributed by atoms with van der Waals surface area (Å²) in [5.74, 6) is 1.14. The van der Waals surface area contributed by atoms with E-state index in [0.717, 1.165) is 37.5 Å². The van der Waals surface area contributed by atoms with Crippen molar-refractivity contribution in [3.05, 3.63) is 23.2 Å². The monoisotopic (exact) mass is 238 g/mol. The number of aryl methyl sites for hydroxylation is 1. The van der Waals surface area contributed by atoms with E-state index in [9.17, 15) is 4.79 Å². The predicted molar refractivity (Wildman–Crippen MR) is 62.9 cm³/mol. The van der Waals surface area contributed by atoms with Crippen LogP contribution >= 0.6 is 0 Å². The van der Waals surface area contributed by atoms with Crippen LogP contribution in [0.3, 0.4) is 0 Å². The van der Waals surface area contributed by atoms with E-state index in [-0.39, 0.29) is 5.91 Å². The Hall–Kier alpha value is -1.33. The molecule has 1 N–H and O–H groups in total. The van der Waals surface area contributed by atoms with Crippen LogP contribution in [0.5, 0.6) is 0 Å². The molecule has 0 aliphatic carbocycles. The summed E-state index contributed by atoms with van der Waals surface area (Å²) >= 11 is 0. The van der Waals surface area contributed by atoms with E-state index < -0.39 is 0 Å². The van der Waals surface area contributed by atoms with Crippen LogP contribution in [0.4, 0.5) is 0 Å². The number of ether oxygens (including phenoxy) is 1. The third-order valence-electron chi connectivity index (χ3n) is 2.94. The number of hydrogen-bond acceptors (Lipinski definition) is 4. The molecule has 1 aliphatic rings. The van der Waals surface area contributed by atoms with Gasteiger partial charge >= 0.3 is 0 Å². The van der Waals surface area contributed by atoms with Crippen LogP contribution < -0.4 is 5.32 Å². The molecule has 0 atom stereocenters. The van der Waals surface area contributed by atoms with Gasteiger partial charge in [-0.15, -0.1) is 0 Å². The molecular weight excluding hydrogens is 220 g/mol. The van der Waals surface area contributed by atoms with Gasteiger partial charge in [0.05, 0.1) is 6.61 Å². The lowest BCUT2D eigenvalue weighted by molar-refractivity contribution is 0.0702. The second-order valence-electron chi connectivity index (χ2n) is 4.17. The Morgan fingerprint density at radius 3 is 2.88 bits per heavy atom. The molecule has 1 saturated heterocycles. The zero-order valence-electron chi connectivity index (χ0n) is 10.3. The lowest BCUT2D eigenvalue weighted by Gasteiger charge is -2.26. The standard InChI is InChI=1S/C12H18N2O3/c1-9-10(8-16-2)7-11(17-9)12(15)14-5-3-13-4-6-14/h7,13H,3-6,8H2,1-2H3. The fourth-order valence-corrected chi connectivity index (χ4v) is 1.95. The van der Waals surface area contributed by atoms with Gasteiger partial charge in [0.2, 0.25) is 0 Å². The van der Waals surface area contributed by atoms with Gasteiger partial charge in [0.15, 0.2) is 5.76 Å². The molecule has 5 nitrogen and oxygen atoms in total. The highest BCUT2D eigenvalue weighted by Crippen LogP contribution is 2.17.